The molecule has 1 amide bonds. The van der Waals surface area contributed by atoms with E-state index in [4.69, 9.17) is 4.74 Å². The monoisotopic (exact) mass is 371 g/mol. The summed E-state index contributed by atoms with van der Waals surface area (Å²) in [5.41, 5.74) is 1.16. The highest BCUT2D eigenvalue weighted by Gasteiger charge is 2.31. The Morgan fingerprint density at radius 2 is 1.74 bits per heavy atom. The number of hydrogen-bond acceptors (Lipinski definition) is 7. The maximum atomic E-state index is 11.7. The number of fused-ring (bicyclic) bond motifs is 1. The highest BCUT2D eigenvalue weighted by Crippen LogP contribution is 2.25. The van der Waals surface area contributed by atoms with Crippen LogP contribution in [0.5, 0.6) is 0 Å². The minimum atomic E-state index is -1.38. The number of benzene rings is 2. The van der Waals surface area contributed by atoms with Gasteiger partial charge in [0, 0.05) is 6.54 Å². The van der Waals surface area contributed by atoms with Crippen molar-refractivity contribution in [3.63, 3.8) is 0 Å². The molecule has 0 aliphatic carbocycles. The van der Waals surface area contributed by atoms with Gasteiger partial charge in [0.05, 0.1) is 11.1 Å². The van der Waals surface area contributed by atoms with Crippen LogP contribution < -0.4 is 5.32 Å². The number of carbonyl (C=O) groups excluding carboxylic acids is 3. The van der Waals surface area contributed by atoms with Gasteiger partial charge in [-0.2, -0.15) is 0 Å². The first-order chi connectivity index (χ1) is 13.0. The maximum Gasteiger partial charge on any atom is 0.407 e. The largest absolute Gasteiger partial charge is 0.445 e. The molecule has 0 bridgehead atoms. The van der Waals surface area contributed by atoms with Gasteiger partial charge >= 0.3 is 18.0 Å². The Balaban J connectivity index is 1.53. The Labute approximate surface area is 154 Å². The summed E-state index contributed by atoms with van der Waals surface area (Å²) in [4.78, 5) is 34.7. The van der Waals surface area contributed by atoms with Gasteiger partial charge in [0.2, 0.25) is 0 Å². The highest BCUT2D eigenvalue weighted by atomic mass is 16.6. The summed E-state index contributed by atoms with van der Waals surface area (Å²) < 4.78 is 9.48. The van der Waals surface area contributed by atoms with Crippen molar-refractivity contribution in [2.75, 3.05) is 6.54 Å². The van der Waals surface area contributed by atoms with Crippen molar-refractivity contribution < 1.29 is 34.1 Å². The number of rotatable bonds is 6. The average molecular weight is 371 g/mol. The summed E-state index contributed by atoms with van der Waals surface area (Å²) in [5, 5.41) is 22.6. The van der Waals surface area contributed by atoms with E-state index in [1.54, 1.807) is 12.1 Å². The first kappa shape index (κ1) is 18.6. The number of hydrogen-bond donors (Lipinski definition) is 3. The fraction of sp³-hybridized carbons (Fsp3) is 0.211. The number of amides is 1. The van der Waals surface area contributed by atoms with Gasteiger partial charge in [0.25, 0.3) is 0 Å². The maximum absolute atomic E-state index is 11.7. The van der Waals surface area contributed by atoms with E-state index in [0.717, 1.165) is 5.56 Å². The number of aliphatic hydroxyl groups excluding tert-OH is 2. The van der Waals surface area contributed by atoms with Gasteiger partial charge in [-0.3, -0.25) is 0 Å². The van der Waals surface area contributed by atoms with Gasteiger partial charge in [-0.25, -0.2) is 14.4 Å². The molecule has 140 valence electrons. The lowest BCUT2D eigenvalue weighted by Crippen LogP contribution is -2.35. The van der Waals surface area contributed by atoms with Gasteiger partial charge in [0.1, 0.15) is 18.8 Å². The molecule has 1 aliphatic rings. The van der Waals surface area contributed by atoms with Crippen LogP contribution in [0, 0.1) is 0 Å². The van der Waals surface area contributed by atoms with Gasteiger partial charge in [-0.1, -0.05) is 36.4 Å². The molecular formula is C19H17NO7. The average Bonchev–Trinajstić information content (AvgIpc) is 2.98. The SMILES string of the molecule is O=C(NCC(O)C(O)c1ccc2c(c1)C(=O)OC2=O)OCc1ccccc1. The fourth-order valence-corrected chi connectivity index (χ4v) is 2.58. The van der Waals surface area contributed by atoms with Crippen molar-refractivity contribution >= 4 is 18.0 Å². The molecule has 1 aliphatic heterocycles. The molecule has 0 spiro atoms. The van der Waals surface area contributed by atoms with Crippen LogP contribution in [0.25, 0.3) is 0 Å². The Morgan fingerprint density at radius 3 is 2.48 bits per heavy atom. The molecule has 3 N–H and O–H groups in total. The standard InChI is InChI=1S/C19H17NO7/c21-15(9-20-19(25)26-10-11-4-2-1-3-5-11)16(22)12-6-7-13-14(8-12)18(24)27-17(13)23/h1-8,15-16,21-22H,9-10H2,(H,20,25). The summed E-state index contributed by atoms with van der Waals surface area (Å²) in [5.74, 6) is -1.56. The first-order valence-electron chi connectivity index (χ1n) is 8.17. The number of alkyl carbamates (subject to hydrolysis) is 1. The zero-order valence-electron chi connectivity index (χ0n) is 14.1. The van der Waals surface area contributed by atoms with Gasteiger partial charge in [-0.15, -0.1) is 0 Å². The van der Waals surface area contributed by atoms with Crippen molar-refractivity contribution in [2.24, 2.45) is 0 Å². The van der Waals surface area contributed by atoms with E-state index < -0.39 is 30.2 Å². The molecule has 2 unspecified atom stereocenters. The third-order valence-electron chi connectivity index (χ3n) is 4.04. The summed E-state index contributed by atoms with van der Waals surface area (Å²) >= 11 is 0. The van der Waals surface area contributed by atoms with E-state index in [2.05, 4.69) is 10.1 Å². The molecule has 8 nitrogen and oxygen atoms in total. The van der Waals surface area contributed by atoms with Crippen LogP contribution in [0.4, 0.5) is 4.79 Å². The van der Waals surface area contributed by atoms with Crippen LogP contribution in [0.15, 0.2) is 48.5 Å². The van der Waals surface area contributed by atoms with Gasteiger partial charge in [-0.05, 0) is 23.3 Å². The molecule has 0 radical (unpaired) electrons. The van der Waals surface area contributed by atoms with Crippen molar-refractivity contribution in [1.82, 2.24) is 5.32 Å². The molecule has 2 aromatic rings. The van der Waals surface area contributed by atoms with Crippen LogP contribution in [0.3, 0.4) is 0 Å². The third-order valence-corrected chi connectivity index (χ3v) is 4.04. The lowest BCUT2D eigenvalue weighted by Gasteiger charge is -2.19. The Hall–Kier alpha value is -3.23. The molecule has 2 aromatic carbocycles. The van der Waals surface area contributed by atoms with E-state index in [9.17, 15) is 24.6 Å². The van der Waals surface area contributed by atoms with Crippen molar-refractivity contribution in [2.45, 2.75) is 18.8 Å². The fourth-order valence-electron chi connectivity index (χ4n) is 2.58. The van der Waals surface area contributed by atoms with Gasteiger partial charge in [0.15, 0.2) is 0 Å². The third kappa shape index (κ3) is 4.30. The van der Waals surface area contributed by atoms with Crippen LogP contribution in [-0.4, -0.2) is 40.9 Å². The van der Waals surface area contributed by atoms with Crippen molar-refractivity contribution in [1.29, 1.82) is 0 Å². The van der Waals surface area contributed by atoms with Crippen LogP contribution in [0.2, 0.25) is 0 Å². The topological polar surface area (TPSA) is 122 Å². The number of ether oxygens (including phenoxy) is 2. The van der Waals surface area contributed by atoms with Crippen LogP contribution in [0.1, 0.15) is 37.9 Å². The summed E-state index contributed by atoms with van der Waals surface area (Å²) in [6.07, 6.45) is -3.47. The predicted molar refractivity (Wildman–Crippen MR) is 91.8 cm³/mol. The van der Waals surface area contributed by atoms with E-state index in [1.807, 2.05) is 18.2 Å². The van der Waals surface area contributed by atoms with Crippen molar-refractivity contribution in [3.05, 3.63) is 70.8 Å². The molecule has 0 aromatic heterocycles. The first-order valence-corrected chi connectivity index (χ1v) is 8.17. The minimum Gasteiger partial charge on any atom is -0.445 e. The zero-order chi connectivity index (χ0) is 19.4. The van der Waals surface area contributed by atoms with Crippen molar-refractivity contribution in [3.8, 4) is 0 Å². The molecule has 0 saturated carbocycles. The normalized spacial score (nSPS) is 14.9. The van der Waals surface area contributed by atoms with E-state index in [0.29, 0.717) is 0 Å². The zero-order valence-corrected chi connectivity index (χ0v) is 14.1. The smallest absolute Gasteiger partial charge is 0.407 e. The number of carbonyl (C=O) groups is 3. The van der Waals surface area contributed by atoms with Gasteiger partial charge < -0.3 is 25.0 Å². The molecule has 0 saturated heterocycles. The summed E-state index contributed by atoms with van der Waals surface area (Å²) in [7, 11) is 0. The second kappa shape index (κ2) is 7.98. The quantitative estimate of drug-likeness (QED) is 0.517. The summed E-state index contributed by atoms with van der Waals surface area (Å²) in [6, 6.07) is 13.1. The number of aliphatic hydroxyl groups is 2. The predicted octanol–water partition coefficient (Wildman–Crippen LogP) is 1.32. The molecule has 2 atom stereocenters. The number of esters is 2. The molecule has 1 heterocycles. The molecule has 27 heavy (non-hydrogen) atoms. The Bertz CT molecular complexity index is 866. The highest BCUT2D eigenvalue weighted by molar-refractivity contribution is 6.14. The molecular weight excluding hydrogens is 354 g/mol. The van der Waals surface area contributed by atoms with E-state index >= 15 is 0 Å². The lowest BCUT2D eigenvalue weighted by atomic mass is 9.99. The summed E-state index contributed by atoms with van der Waals surface area (Å²) in [6.45, 7) is -0.193. The molecule has 3 rings (SSSR count). The van der Waals surface area contributed by atoms with E-state index in [1.165, 1.54) is 18.2 Å². The lowest BCUT2D eigenvalue weighted by molar-refractivity contribution is 0.0183. The Kier molecular flexibility index (Phi) is 5.49. The minimum absolute atomic E-state index is 0.0268. The van der Waals surface area contributed by atoms with Crippen LogP contribution in [-0.2, 0) is 16.1 Å². The van der Waals surface area contributed by atoms with E-state index in [-0.39, 0.29) is 29.8 Å². The molecule has 0 fully saturated rings. The second-order valence-corrected chi connectivity index (χ2v) is 5.94. The molecule has 8 heteroatoms. The Morgan fingerprint density at radius 1 is 1.04 bits per heavy atom. The number of nitrogens with one attached hydrogen (secondary N) is 1. The van der Waals surface area contributed by atoms with Crippen LogP contribution >= 0.6 is 0 Å². The number of cyclic esters (lactones) is 2. The second-order valence-electron chi connectivity index (χ2n) is 5.94.